The van der Waals surface area contributed by atoms with E-state index in [1.165, 1.54) is 0 Å². The van der Waals surface area contributed by atoms with Crippen molar-refractivity contribution in [1.29, 1.82) is 0 Å². The second-order valence-electron chi connectivity index (χ2n) is 7.37. The number of carbonyl (C=O) groups excluding carboxylic acids is 2. The average Bonchev–Trinajstić information content (AvgIpc) is 2.61. The highest BCUT2D eigenvalue weighted by Gasteiger charge is 2.37. The fraction of sp³-hybridized carbons (Fsp3) is 0.409. The van der Waals surface area contributed by atoms with Gasteiger partial charge in [-0.1, -0.05) is 63.2 Å². The number of esters is 1. The van der Waals surface area contributed by atoms with Crippen LogP contribution in [-0.4, -0.2) is 24.1 Å². The quantitative estimate of drug-likeness (QED) is 0.216. The molecule has 0 aliphatic heterocycles. The number of carbonyl (C=O) groups is 2. The Kier molecular flexibility index (Phi) is 7.11. The molecule has 0 heterocycles. The molecule has 0 spiro atoms. The van der Waals surface area contributed by atoms with Crippen LogP contribution in [0.15, 0.2) is 59.5 Å². The maximum Gasteiger partial charge on any atom is 0.343 e. The molecule has 0 radical (unpaired) electrons. The van der Waals surface area contributed by atoms with Gasteiger partial charge in [-0.05, 0) is 24.0 Å². The van der Waals surface area contributed by atoms with Crippen molar-refractivity contribution in [2.24, 2.45) is 10.6 Å². The summed E-state index contributed by atoms with van der Waals surface area (Å²) >= 11 is 0. The molecule has 0 bridgehead atoms. The Labute approximate surface area is 160 Å². The van der Waals surface area contributed by atoms with Gasteiger partial charge in [0.2, 0.25) is 0 Å². The molecule has 0 saturated carbocycles. The number of allylic oxidation sites excluding steroid dienone is 2. The van der Waals surface area contributed by atoms with E-state index in [1.807, 2.05) is 26.8 Å². The topological polar surface area (TPSA) is 65.0 Å². The van der Waals surface area contributed by atoms with E-state index in [1.54, 1.807) is 30.3 Å². The molecule has 0 saturated heterocycles. The normalized spacial score (nSPS) is 16.9. The summed E-state index contributed by atoms with van der Waals surface area (Å²) in [6, 6.07) is 8.75. The Hall–Kier alpha value is -2.69. The first-order valence-electron chi connectivity index (χ1n) is 9.21. The number of rotatable bonds is 8. The standard InChI is InChI=1S/C22H27NO4/c1-5-10-17(23-26-13-6-2)20-18(24)14-22(3,4)15-19(20)27-21(25)16-11-8-7-9-12-16/h6-9,11-12H,2,5,10,13-15H2,1,3-4H3. The van der Waals surface area contributed by atoms with Crippen LogP contribution in [-0.2, 0) is 14.4 Å². The van der Waals surface area contributed by atoms with Crippen molar-refractivity contribution >= 4 is 17.5 Å². The van der Waals surface area contributed by atoms with Crippen LogP contribution in [0.5, 0.6) is 0 Å². The van der Waals surface area contributed by atoms with Gasteiger partial charge in [0.15, 0.2) is 5.78 Å². The van der Waals surface area contributed by atoms with Gasteiger partial charge in [-0.3, -0.25) is 4.79 Å². The zero-order valence-electron chi connectivity index (χ0n) is 16.3. The van der Waals surface area contributed by atoms with E-state index in [0.717, 1.165) is 6.42 Å². The van der Waals surface area contributed by atoms with E-state index >= 15 is 0 Å². The third-order valence-electron chi connectivity index (χ3n) is 4.20. The van der Waals surface area contributed by atoms with Crippen LogP contribution in [0.3, 0.4) is 0 Å². The third kappa shape index (κ3) is 5.64. The van der Waals surface area contributed by atoms with Crippen LogP contribution in [0.4, 0.5) is 0 Å². The summed E-state index contributed by atoms with van der Waals surface area (Å²) in [5.41, 5.74) is 1.06. The van der Waals surface area contributed by atoms with Gasteiger partial charge in [0.25, 0.3) is 0 Å². The third-order valence-corrected chi connectivity index (χ3v) is 4.20. The zero-order chi connectivity index (χ0) is 19.9. The van der Waals surface area contributed by atoms with Crippen LogP contribution in [0.25, 0.3) is 0 Å². The molecule has 1 aliphatic rings. The lowest BCUT2D eigenvalue weighted by Crippen LogP contribution is -2.31. The molecule has 0 unspecified atom stereocenters. The zero-order valence-corrected chi connectivity index (χ0v) is 16.3. The number of benzene rings is 1. The summed E-state index contributed by atoms with van der Waals surface area (Å²) in [6.45, 7) is 9.82. The second-order valence-corrected chi connectivity index (χ2v) is 7.37. The minimum absolute atomic E-state index is 0.0727. The van der Waals surface area contributed by atoms with Gasteiger partial charge in [0, 0.05) is 12.8 Å². The van der Waals surface area contributed by atoms with E-state index < -0.39 is 5.97 Å². The molecular formula is C22H27NO4. The molecular weight excluding hydrogens is 342 g/mol. The van der Waals surface area contributed by atoms with Gasteiger partial charge in [-0.25, -0.2) is 4.79 Å². The fourth-order valence-electron chi connectivity index (χ4n) is 3.04. The molecule has 5 heteroatoms. The van der Waals surface area contributed by atoms with Crippen LogP contribution >= 0.6 is 0 Å². The largest absolute Gasteiger partial charge is 0.427 e. The highest BCUT2D eigenvalue weighted by molar-refractivity contribution is 6.23. The molecule has 27 heavy (non-hydrogen) atoms. The minimum Gasteiger partial charge on any atom is -0.427 e. The fourth-order valence-corrected chi connectivity index (χ4v) is 3.04. The predicted molar refractivity (Wildman–Crippen MR) is 105 cm³/mol. The van der Waals surface area contributed by atoms with Gasteiger partial charge in [0.05, 0.1) is 16.8 Å². The first kappa shape index (κ1) is 20.6. The van der Waals surface area contributed by atoms with Crippen molar-refractivity contribution in [1.82, 2.24) is 0 Å². The van der Waals surface area contributed by atoms with Gasteiger partial charge in [-0.15, -0.1) is 0 Å². The predicted octanol–water partition coefficient (Wildman–Crippen LogP) is 4.85. The Bertz CT molecular complexity index is 760. The Balaban J connectivity index is 2.43. The summed E-state index contributed by atoms with van der Waals surface area (Å²) in [4.78, 5) is 30.7. The number of oxime groups is 1. The highest BCUT2D eigenvalue weighted by Crippen LogP contribution is 2.38. The number of nitrogens with zero attached hydrogens (tertiary/aromatic N) is 1. The van der Waals surface area contributed by atoms with Crippen LogP contribution < -0.4 is 0 Å². The van der Waals surface area contributed by atoms with Crippen LogP contribution in [0.2, 0.25) is 0 Å². The summed E-state index contributed by atoms with van der Waals surface area (Å²) in [5.74, 6) is -0.174. The van der Waals surface area contributed by atoms with Crippen molar-refractivity contribution in [3.8, 4) is 0 Å². The molecule has 0 fully saturated rings. The Morgan fingerprint density at radius 3 is 2.59 bits per heavy atom. The van der Waals surface area contributed by atoms with E-state index in [-0.39, 0.29) is 17.8 Å². The smallest absolute Gasteiger partial charge is 0.343 e. The maximum atomic E-state index is 12.9. The van der Waals surface area contributed by atoms with Gasteiger partial charge >= 0.3 is 5.97 Å². The molecule has 0 amide bonds. The summed E-state index contributed by atoms with van der Waals surface area (Å²) in [5, 5.41) is 4.13. The van der Waals surface area contributed by atoms with E-state index in [0.29, 0.717) is 41.9 Å². The highest BCUT2D eigenvalue weighted by atomic mass is 16.6. The van der Waals surface area contributed by atoms with Gasteiger partial charge in [0.1, 0.15) is 12.4 Å². The van der Waals surface area contributed by atoms with Crippen LogP contribution in [0.1, 0.15) is 56.8 Å². The number of hydrogen-bond acceptors (Lipinski definition) is 5. The molecule has 144 valence electrons. The molecule has 0 aromatic heterocycles. The van der Waals surface area contributed by atoms with Crippen molar-refractivity contribution in [2.45, 2.75) is 46.5 Å². The maximum absolute atomic E-state index is 12.9. The van der Waals surface area contributed by atoms with Crippen molar-refractivity contribution in [3.05, 3.63) is 59.9 Å². The lowest BCUT2D eigenvalue weighted by Gasteiger charge is -2.31. The molecule has 5 nitrogen and oxygen atoms in total. The number of hydrogen-bond donors (Lipinski definition) is 0. The second kappa shape index (κ2) is 9.31. The monoisotopic (exact) mass is 369 g/mol. The lowest BCUT2D eigenvalue weighted by molar-refractivity contribution is -0.118. The molecule has 1 aromatic rings. The number of Topliss-reactive ketones (excluding diaryl/α,β-unsaturated/α-hetero) is 1. The molecule has 1 aromatic carbocycles. The molecule has 2 rings (SSSR count). The van der Waals surface area contributed by atoms with E-state index in [4.69, 9.17) is 9.57 Å². The molecule has 1 aliphatic carbocycles. The van der Waals surface area contributed by atoms with Crippen molar-refractivity contribution in [3.63, 3.8) is 0 Å². The summed E-state index contributed by atoms with van der Waals surface area (Å²) < 4.78 is 5.69. The average molecular weight is 369 g/mol. The van der Waals surface area contributed by atoms with Gasteiger partial charge < -0.3 is 9.57 Å². The first-order valence-corrected chi connectivity index (χ1v) is 9.21. The Morgan fingerprint density at radius 1 is 1.26 bits per heavy atom. The molecule has 0 N–H and O–H groups in total. The number of ether oxygens (including phenoxy) is 1. The summed E-state index contributed by atoms with van der Waals surface area (Å²) in [6.07, 6.45) is 3.79. The van der Waals surface area contributed by atoms with E-state index in [9.17, 15) is 9.59 Å². The van der Waals surface area contributed by atoms with Crippen LogP contribution in [0, 0.1) is 5.41 Å². The minimum atomic E-state index is -0.476. The van der Waals surface area contributed by atoms with Crippen molar-refractivity contribution < 1.29 is 19.2 Å². The van der Waals surface area contributed by atoms with Gasteiger partial charge in [-0.2, -0.15) is 0 Å². The Morgan fingerprint density at radius 2 is 1.96 bits per heavy atom. The SMILES string of the molecule is C=CCON=C(CCC)C1=C(OC(=O)c2ccccc2)CC(C)(C)CC1=O. The molecule has 0 atom stereocenters. The van der Waals surface area contributed by atoms with E-state index in [2.05, 4.69) is 11.7 Å². The first-order chi connectivity index (χ1) is 12.9. The lowest BCUT2D eigenvalue weighted by atomic mass is 9.75. The number of ketones is 1. The summed E-state index contributed by atoms with van der Waals surface area (Å²) in [7, 11) is 0. The van der Waals surface area contributed by atoms with Crippen molar-refractivity contribution in [2.75, 3.05) is 6.61 Å².